The normalized spacial score (nSPS) is 14.7. The second-order valence-electron chi connectivity index (χ2n) is 8.83. The van der Waals surface area contributed by atoms with Gasteiger partial charge in [0, 0.05) is 17.5 Å². The van der Waals surface area contributed by atoms with E-state index < -0.39 is 6.04 Å². The summed E-state index contributed by atoms with van der Waals surface area (Å²) in [4.78, 5) is 30.2. The Morgan fingerprint density at radius 2 is 1.73 bits per heavy atom. The van der Waals surface area contributed by atoms with Crippen molar-refractivity contribution in [3.8, 4) is 0 Å². The molecule has 1 atom stereocenters. The predicted molar refractivity (Wildman–Crippen MR) is 134 cm³/mol. The Kier molecular flexibility index (Phi) is 7.95. The molecule has 0 aliphatic heterocycles. The molecule has 33 heavy (non-hydrogen) atoms. The SMILES string of the molecule is Cc1ccccc1[C@H](C(=O)NC1CCCC1)N(CCc1ccccc1)C(=O)Cc1cccs1. The van der Waals surface area contributed by atoms with Crippen LogP contribution in [0, 0.1) is 6.92 Å². The first-order valence-electron chi connectivity index (χ1n) is 11.8. The minimum absolute atomic E-state index is 0.0109. The molecule has 4 rings (SSSR count). The zero-order chi connectivity index (χ0) is 23.0. The molecule has 3 aromatic rings. The van der Waals surface area contributed by atoms with Crippen molar-refractivity contribution in [2.24, 2.45) is 0 Å². The van der Waals surface area contributed by atoms with Crippen molar-refractivity contribution in [3.05, 3.63) is 93.7 Å². The molecule has 1 aliphatic rings. The Labute approximate surface area is 200 Å². The highest BCUT2D eigenvalue weighted by Gasteiger charge is 2.33. The topological polar surface area (TPSA) is 49.4 Å². The largest absolute Gasteiger partial charge is 0.351 e. The van der Waals surface area contributed by atoms with E-state index in [2.05, 4.69) is 17.4 Å². The minimum Gasteiger partial charge on any atom is -0.351 e. The van der Waals surface area contributed by atoms with E-state index in [4.69, 9.17) is 0 Å². The third-order valence-corrected chi connectivity index (χ3v) is 7.33. The van der Waals surface area contributed by atoms with Gasteiger partial charge < -0.3 is 10.2 Å². The highest BCUT2D eigenvalue weighted by molar-refractivity contribution is 7.10. The molecule has 1 fully saturated rings. The average Bonchev–Trinajstić information content (AvgIpc) is 3.52. The quantitative estimate of drug-likeness (QED) is 0.460. The Bertz CT molecular complexity index is 1040. The zero-order valence-electron chi connectivity index (χ0n) is 19.2. The first-order chi connectivity index (χ1) is 16.1. The molecule has 0 spiro atoms. The zero-order valence-corrected chi connectivity index (χ0v) is 20.0. The fourth-order valence-corrected chi connectivity index (χ4v) is 5.35. The van der Waals surface area contributed by atoms with Crippen molar-refractivity contribution in [1.82, 2.24) is 10.2 Å². The molecular weight excluding hydrogens is 428 g/mol. The van der Waals surface area contributed by atoms with E-state index >= 15 is 0 Å². The molecule has 1 heterocycles. The van der Waals surface area contributed by atoms with Gasteiger partial charge in [-0.3, -0.25) is 9.59 Å². The van der Waals surface area contributed by atoms with Crippen LogP contribution in [-0.2, 0) is 22.4 Å². The fraction of sp³-hybridized carbons (Fsp3) is 0.357. The number of rotatable bonds is 9. The molecule has 172 valence electrons. The van der Waals surface area contributed by atoms with E-state index in [1.54, 1.807) is 16.2 Å². The summed E-state index contributed by atoms with van der Waals surface area (Å²) in [6, 6.07) is 21.6. The lowest BCUT2D eigenvalue weighted by Crippen LogP contribution is -2.47. The predicted octanol–water partition coefficient (Wildman–Crippen LogP) is 5.47. The van der Waals surface area contributed by atoms with E-state index in [0.29, 0.717) is 19.4 Å². The number of amides is 2. The lowest BCUT2D eigenvalue weighted by Gasteiger charge is -2.33. The molecule has 0 bridgehead atoms. The van der Waals surface area contributed by atoms with Gasteiger partial charge in [0.2, 0.25) is 11.8 Å². The van der Waals surface area contributed by atoms with Gasteiger partial charge in [0.15, 0.2) is 0 Å². The van der Waals surface area contributed by atoms with Gasteiger partial charge in [0.05, 0.1) is 6.42 Å². The maximum absolute atomic E-state index is 13.7. The third-order valence-electron chi connectivity index (χ3n) is 6.45. The van der Waals surface area contributed by atoms with Crippen molar-refractivity contribution in [1.29, 1.82) is 0 Å². The summed E-state index contributed by atoms with van der Waals surface area (Å²) in [5, 5.41) is 5.26. The smallest absolute Gasteiger partial charge is 0.247 e. The fourth-order valence-electron chi connectivity index (χ4n) is 4.65. The second kappa shape index (κ2) is 11.3. The summed E-state index contributed by atoms with van der Waals surface area (Å²) >= 11 is 1.58. The lowest BCUT2D eigenvalue weighted by molar-refractivity contribution is -0.140. The Balaban J connectivity index is 1.66. The molecule has 0 saturated heterocycles. The van der Waals surface area contributed by atoms with Crippen LogP contribution in [0.25, 0.3) is 0 Å². The highest BCUT2D eigenvalue weighted by Crippen LogP contribution is 2.28. The van der Waals surface area contributed by atoms with Gasteiger partial charge in [-0.25, -0.2) is 0 Å². The molecule has 1 aliphatic carbocycles. The number of nitrogens with zero attached hydrogens (tertiary/aromatic N) is 1. The molecule has 1 saturated carbocycles. The van der Waals surface area contributed by atoms with E-state index in [1.807, 2.05) is 66.9 Å². The summed E-state index contributed by atoms with van der Waals surface area (Å²) in [5.74, 6) is -0.0769. The maximum atomic E-state index is 13.7. The molecule has 5 heteroatoms. The third kappa shape index (κ3) is 6.11. The molecular formula is C28H32N2O2S. The molecule has 2 aromatic carbocycles. The summed E-state index contributed by atoms with van der Waals surface area (Å²) in [6.07, 6.45) is 5.34. The van der Waals surface area contributed by atoms with Crippen LogP contribution in [0.5, 0.6) is 0 Å². The first kappa shape index (κ1) is 23.2. The van der Waals surface area contributed by atoms with Crippen molar-refractivity contribution in [2.75, 3.05) is 6.54 Å². The van der Waals surface area contributed by atoms with Crippen LogP contribution in [0.1, 0.15) is 53.3 Å². The van der Waals surface area contributed by atoms with Gasteiger partial charge in [-0.1, -0.05) is 73.5 Å². The van der Waals surface area contributed by atoms with Crippen molar-refractivity contribution >= 4 is 23.2 Å². The van der Waals surface area contributed by atoms with E-state index in [0.717, 1.165) is 47.3 Å². The van der Waals surface area contributed by atoms with Crippen LogP contribution < -0.4 is 5.32 Å². The molecule has 4 nitrogen and oxygen atoms in total. The van der Waals surface area contributed by atoms with Gasteiger partial charge >= 0.3 is 0 Å². The van der Waals surface area contributed by atoms with Crippen molar-refractivity contribution in [3.63, 3.8) is 0 Å². The Morgan fingerprint density at radius 3 is 2.42 bits per heavy atom. The number of nitrogens with one attached hydrogen (secondary N) is 1. The number of hydrogen-bond donors (Lipinski definition) is 1. The molecule has 2 amide bonds. The number of hydrogen-bond acceptors (Lipinski definition) is 3. The van der Waals surface area contributed by atoms with E-state index in [9.17, 15) is 9.59 Å². The highest BCUT2D eigenvalue weighted by atomic mass is 32.1. The van der Waals surface area contributed by atoms with Crippen LogP contribution in [0.2, 0.25) is 0 Å². The first-order valence-corrected chi connectivity index (χ1v) is 12.7. The number of carbonyl (C=O) groups is 2. The lowest BCUT2D eigenvalue weighted by atomic mass is 9.97. The van der Waals surface area contributed by atoms with Gasteiger partial charge in [0.25, 0.3) is 0 Å². The summed E-state index contributed by atoms with van der Waals surface area (Å²) in [6.45, 7) is 2.51. The van der Waals surface area contributed by atoms with E-state index in [1.165, 1.54) is 0 Å². The van der Waals surface area contributed by atoms with Crippen LogP contribution >= 0.6 is 11.3 Å². The molecule has 1 aromatic heterocycles. The standard InChI is InChI=1S/C28H32N2O2S/c1-21-10-5-8-16-25(21)27(28(32)29-23-13-6-7-14-23)30(18-17-22-11-3-2-4-12-22)26(31)20-24-15-9-19-33-24/h2-5,8-12,15-16,19,23,27H,6-7,13-14,17-18,20H2,1H3,(H,29,32)/t27-/m1/s1. The summed E-state index contributed by atoms with van der Waals surface area (Å²) in [5.41, 5.74) is 3.09. The van der Waals surface area contributed by atoms with Gasteiger partial charge in [0.1, 0.15) is 6.04 Å². The van der Waals surface area contributed by atoms with E-state index in [-0.39, 0.29) is 17.9 Å². The second-order valence-corrected chi connectivity index (χ2v) is 9.86. The van der Waals surface area contributed by atoms with Crippen molar-refractivity contribution in [2.45, 2.75) is 57.5 Å². The Morgan fingerprint density at radius 1 is 1.00 bits per heavy atom. The number of carbonyl (C=O) groups excluding carboxylic acids is 2. The maximum Gasteiger partial charge on any atom is 0.247 e. The molecule has 0 radical (unpaired) electrons. The number of aryl methyl sites for hydroxylation is 1. The van der Waals surface area contributed by atoms with Crippen LogP contribution in [0.4, 0.5) is 0 Å². The van der Waals surface area contributed by atoms with Crippen molar-refractivity contribution < 1.29 is 9.59 Å². The van der Waals surface area contributed by atoms with Gasteiger partial charge in [-0.2, -0.15) is 0 Å². The number of thiophene rings is 1. The number of benzene rings is 2. The van der Waals surface area contributed by atoms with Crippen LogP contribution in [0.15, 0.2) is 72.1 Å². The minimum atomic E-state index is -0.636. The summed E-state index contributed by atoms with van der Waals surface area (Å²) < 4.78 is 0. The van der Waals surface area contributed by atoms with Crippen LogP contribution in [-0.4, -0.2) is 29.3 Å². The van der Waals surface area contributed by atoms with Gasteiger partial charge in [-0.15, -0.1) is 11.3 Å². The van der Waals surface area contributed by atoms with Gasteiger partial charge in [-0.05, 0) is 54.3 Å². The average molecular weight is 461 g/mol. The van der Waals surface area contributed by atoms with Crippen LogP contribution in [0.3, 0.4) is 0 Å². The Hall–Kier alpha value is -2.92. The summed E-state index contributed by atoms with van der Waals surface area (Å²) in [7, 11) is 0. The molecule has 0 unspecified atom stereocenters. The monoisotopic (exact) mass is 460 g/mol. The molecule has 1 N–H and O–H groups in total.